The standard InChI is InChI=1S/C12H13N3O4S/c1-2-19-7-3-4-8-9(5-7)20-12(14-8)15-11(18)13-6-10(16)17/h3-5H,2,6H2,1H3,(H,16,17)(H2,13,14,15,18). The lowest BCUT2D eigenvalue weighted by Gasteiger charge is -2.01. The van der Waals surface area contributed by atoms with Gasteiger partial charge in [0.2, 0.25) is 0 Å². The van der Waals surface area contributed by atoms with Gasteiger partial charge < -0.3 is 15.2 Å². The molecule has 0 atom stereocenters. The van der Waals surface area contributed by atoms with E-state index in [0.717, 1.165) is 16.0 Å². The van der Waals surface area contributed by atoms with Crippen LogP contribution in [0.25, 0.3) is 10.2 Å². The summed E-state index contributed by atoms with van der Waals surface area (Å²) in [7, 11) is 0. The van der Waals surface area contributed by atoms with E-state index in [0.29, 0.717) is 11.7 Å². The van der Waals surface area contributed by atoms with Crippen molar-refractivity contribution >= 4 is 38.7 Å². The molecule has 0 saturated heterocycles. The molecular weight excluding hydrogens is 282 g/mol. The highest BCUT2D eigenvalue weighted by Gasteiger charge is 2.09. The lowest BCUT2D eigenvalue weighted by molar-refractivity contribution is -0.135. The second-order valence-electron chi connectivity index (χ2n) is 3.78. The highest BCUT2D eigenvalue weighted by Crippen LogP contribution is 2.29. The first-order valence-electron chi connectivity index (χ1n) is 5.88. The number of carboxylic acids is 1. The Hall–Kier alpha value is -2.35. The Kier molecular flexibility index (Phi) is 4.36. The molecule has 2 aromatic rings. The summed E-state index contributed by atoms with van der Waals surface area (Å²) in [6, 6.07) is 4.85. The Balaban J connectivity index is 2.07. The van der Waals surface area contributed by atoms with E-state index in [2.05, 4.69) is 15.6 Å². The van der Waals surface area contributed by atoms with E-state index < -0.39 is 18.5 Å². The van der Waals surface area contributed by atoms with Crippen molar-refractivity contribution in [2.75, 3.05) is 18.5 Å². The van der Waals surface area contributed by atoms with E-state index in [1.54, 1.807) is 12.1 Å². The van der Waals surface area contributed by atoms with Gasteiger partial charge in [0.05, 0.1) is 16.8 Å². The quantitative estimate of drug-likeness (QED) is 0.782. The van der Waals surface area contributed by atoms with E-state index in [9.17, 15) is 9.59 Å². The molecule has 2 rings (SSSR count). The summed E-state index contributed by atoms with van der Waals surface area (Å²) in [5.74, 6) is -0.365. The van der Waals surface area contributed by atoms with Crippen LogP contribution in [-0.2, 0) is 4.79 Å². The molecule has 1 aromatic carbocycles. The topological polar surface area (TPSA) is 101 Å². The average molecular weight is 295 g/mol. The zero-order chi connectivity index (χ0) is 14.5. The minimum atomic E-state index is -1.11. The summed E-state index contributed by atoms with van der Waals surface area (Å²) in [4.78, 5) is 26.0. The third-order valence-corrected chi connectivity index (χ3v) is 3.23. The van der Waals surface area contributed by atoms with Crippen LogP contribution < -0.4 is 15.4 Å². The number of thiazole rings is 1. The molecule has 0 aliphatic rings. The number of fused-ring (bicyclic) bond motifs is 1. The first kappa shape index (κ1) is 14.1. The zero-order valence-electron chi connectivity index (χ0n) is 10.7. The first-order chi connectivity index (χ1) is 9.58. The number of carboxylic acid groups (broad SMARTS) is 1. The summed E-state index contributed by atoms with van der Waals surface area (Å²) in [6.45, 7) is 2.04. The molecule has 8 heteroatoms. The van der Waals surface area contributed by atoms with Gasteiger partial charge in [0.15, 0.2) is 5.13 Å². The fraction of sp³-hybridized carbons (Fsp3) is 0.250. The molecule has 3 N–H and O–H groups in total. The van der Waals surface area contributed by atoms with Crippen LogP contribution in [0.2, 0.25) is 0 Å². The van der Waals surface area contributed by atoms with Crippen molar-refractivity contribution in [2.24, 2.45) is 0 Å². The molecule has 0 aliphatic heterocycles. The van der Waals surface area contributed by atoms with Crippen molar-refractivity contribution in [3.8, 4) is 5.75 Å². The van der Waals surface area contributed by atoms with Crippen LogP contribution in [0.1, 0.15) is 6.92 Å². The molecule has 0 bridgehead atoms. The molecule has 0 unspecified atom stereocenters. The van der Waals surface area contributed by atoms with Crippen LogP contribution in [-0.4, -0.2) is 35.2 Å². The molecule has 0 fully saturated rings. The fourth-order valence-electron chi connectivity index (χ4n) is 1.51. The summed E-state index contributed by atoms with van der Waals surface area (Å²) < 4.78 is 6.26. The van der Waals surface area contributed by atoms with Gasteiger partial charge in [-0.25, -0.2) is 9.78 Å². The average Bonchev–Trinajstić information content (AvgIpc) is 2.78. The van der Waals surface area contributed by atoms with Crippen molar-refractivity contribution < 1.29 is 19.4 Å². The van der Waals surface area contributed by atoms with Crippen LogP contribution in [0, 0.1) is 0 Å². The summed E-state index contributed by atoms with van der Waals surface area (Å²) in [5, 5.41) is 13.5. The van der Waals surface area contributed by atoms with Crippen LogP contribution in [0.3, 0.4) is 0 Å². The van der Waals surface area contributed by atoms with Crippen molar-refractivity contribution in [3.63, 3.8) is 0 Å². The normalized spacial score (nSPS) is 10.2. The summed E-state index contributed by atoms with van der Waals surface area (Å²) in [6.07, 6.45) is 0. The van der Waals surface area contributed by atoms with E-state index in [1.165, 1.54) is 11.3 Å². The van der Waals surface area contributed by atoms with Gasteiger partial charge in [0.25, 0.3) is 0 Å². The van der Waals surface area contributed by atoms with Gasteiger partial charge in [0.1, 0.15) is 12.3 Å². The Bertz CT molecular complexity index is 641. The van der Waals surface area contributed by atoms with Gasteiger partial charge >= 0.3 is 12.0 Å². The molecule has 0 aliphatic carbocycles. The number of nitrogens with zero attached hydrogens (tertiary/aromatic N) is 1. The predicted molar refractivity (Wildman–Crippen MR) is 75.4 cm³/mol. The summed E-state index contributed by atoms with van der Waals surface area (Å²) >= 11 is 1.29. The minimum absolute atomic E-state index is 0.400. The Morgan fingerprint density at radius 1 is 1.45 bits per heavy atom. The van der Waals surface area contributed by atoms with Crippen LogP contribution in [0.4, 0.5) is 9.93 Å². The molecular formula is C12H13N3O4S. The molecule has 7 nitrogen and oxygen atoms in total. The van der Waals surface area contributed by atoms with Gasteiger partial charge in [-0.2, -0.15) is 0 Å². The fourth-order valence-corrected chi connectivity index (χ4v) is 2.40. The Labute approximate surface area is 118 Å². The third kappa shape index (κ3) is 3.58. The second-order valence-corrected chi connectivity index (χ2v) is 4.81. The molecule has 106 valence electrons. The molecule has 0 saturated carbocycles. The van der Waals surface area contributed by atoms with Gasteiger partial charge in [-0.15, -0.1) is 0 Å². The number of anilines is 1. The number of urea groups is 1. The van der Waals surface area contributed by atoms with Gasteiger partial charge in [-0.3, -0.25) is 10.1 Å². The number of carbonyl (C=O) groups is 2. The van der Waals surface area contributed by atoms with Crippen LogP contribution in [0.5, 0.6) is 5.75 Å². The molecule has 0 spiro atoms. The van der Waals surface area contributed by atoms with Gasteiger partial charge in [0, 0.05) is 0 Å². The number of hydrogen-bond acceptors (Lipinski definition) is 5. The monoisotopic (exact) mass is 295 g/mol. The van der Waals surface area contributed by atoms with Crippen LogP contribution >= 0.6 is 11.3 Å². The Morgan fingerprint density at radius 3 is 2.95 bits per heavy atom. The number of aliphatic carboxylic acids is 1. The molecule has 20 heavy (non-hydrogen) atoms. The van der Waals surface area contributed by atoms with Gasteiger partial charge in [-0.1, -0.05) is 11.3 Å². The number of nitrogens with one attached hydrogen (secondary N) is 2. The highest BCUT2D eigenvalue weighted by atomic mass is 32.1. The number of amides is 2. The van der Waals surface area contributed by atoms with Crippen molar-refractivity contribution in [1.82, 2.24) is 10.3 Å². The number of aromatic nitrogens is 1. The maximum atomic E-state index is 11.4. The van der Waals surface area contributed by atoms with Crippen LogP contribution in [0.15, 0.2) is 18.2 Å². The molecule has 1 heterocycles. The molecule has 1 aromatic heterocycles. The van der Waals surface area contributed by atoms with E-state index in [4.69, 9.17) is 9.84 Å². The minimum Gasteiger partial charge on any atom is -0.494 e. The third-order valence-electron chi connectivity index (χ3n) is 2.29. The number of benzene rings is 1. The number of rotatable bonds is 5. The smallest absolute Gasteiger partial charge is 0.323 e. The lowest BCUT2D eigenvalue weighted by atomic mass is 10.3. The maximum absolute atomic E-state index is 11.4. The summed E-state index contributed by atoms with van der Waals surface area (Å²) in [5.41, 5.74) is 0.743. The van der Waals surface area contributed by atoms with Crippen molar-refractivity contribution in [1.29, 1.82) is 0 Å². The highest BCUT2D eigenvalue weighted by molar-refractivity contribution is 7.22. The molecule has 2 amide bonds. The number of ether oxygens (including phenoxy) is 1. The SMILES string of the molecule is CCOc1ccc2nc(NC(=O)NCC(=O)O)sc2c1. The Morgan fingerprint density at radius 2 is 2.25 bits per heavy atom. The number of carbonyl (C=O) groups excluding carboxylic acids is 1. The van der Waals surface area contributed by atoms with Gasteiger partial charge in [-0.05, 0) is 25.1 Å². The van der Waals surface area contributed by atoms with Crippen molar-refractivity contribution in [3.05, 3.63) is 18.2 Å². The first-order valence-corrected chi connectivity index (χ1v) is 6.70. The largest absolute Gasteiger partial charge is 0.494 e. The molecule has 0 radical (unpaired) electrons. The predicted octanol–water partition coefficient (Wildman–Crippen LogP) is 1.90. The number of hydrogen-bond donors (Lipinski definition) is 3. The lowest BCUT2D eigenvalue weighted by Crippen LogP contribution is -2.33. The van der Waals surface area contributed by atoms with E-state index in [1.807, 2.05) is 13.0 Å². The van der Waals surface area contributed by atoms with Crippen molar-refractivity contribution in [2.45, 2.75) is 6.92 Å². The second kappa shape index (κ2) is 6.20. The van der Waals surface area contributed by atoms with E-state index in [-0.39, 0.29) is 0 Å². The maximum Gasteiger partial charge on any atom is 0.323 e. The zero-order valence-corrected chi connectivity index (χ0v) is 11.5. The van der Waals surface area contributed by atoms with E-state index >= 15 is 0 Å².